The first-order chi connectivity index (χ1) is 19.1. The number of benzene rings is 4. The Bertz CT molecular complexity index is 1370. The van der Waals surface area contributed by atoms with Gasteiger partial charge >= 0.3 is 23.9 Å². The highest BCUT2D eigenvalue weighted by atomic mass is 17.2. The zero-order valence-electron chi connectivity index (χ0n) is 22.5. The molecular formula is C32H28O8. The number of rotatable bonds is 4. The van der Waals surface area contributed by atoms with Gasteiger partial charge in [0.05, 0.1) is 22.3 Å². The molecule has 0 unspecified atom stereocenters. The third-order valence-electron chi connectivity index (χ3n) is 5.47. The quantitative estimate of drug-likeness (QED) is 0.214. The van der Waals surface area contributed by atoms with Crippen LogP contribution in [0.4, 0.5) is 0 Å². The smallest absolute Gasteiger partial charge is 0.242 e. The van der Waals surface area contributed by atoms with E-state index in [1.165, 1.54) is 0 Å². The lowest BCUT2D eigenvalue weighted by molar-refractivity contribution is -0.187. The Morgan fingerprint density at radius 1 is 0.375 bits per heavy atom. The first-order valence-corrected chi connectivity index (χ1v) is 12.3. The van der Waals surface area contributed by atoms with Gasteiger partial charge < -0.3 is 0 Å². The molecule has 0 radical (unpaired) electrons. The van der Waals surface area contributed by atoms with Crippen molar-refractivity contribution in [3.63, 3.8) is 0 Å². The maximum Gasteiger partial charge on any atom is 0.386 e. The number of carbonyl (C=O) groups is 4. The highest BCUT2D eigenvalue weighted by Gasteiger charge is 2.15. The van der Waals surface area contributed by atoms with Gasteiger partial charge in [0.1, 0.15) is 0 Å². The fraction of sp³-hybridized carbons (Fsp3) is 0.125. The lowest BCUT2D eigenvalue weighted by Crippen LogP contribution is -2.12. The summed E-state index contributed by atoms with van der Waals surface area (Å²) in [6, 6.07) is 27.2. The van der Waals surface area contributed by atoms with Crippen LogP contribution in [0.1, 0.15) is 63.7 Å². The van der Waals surface area contributed by atoms with Crippen molar-refractivity contribution in [2.75, 3.05) is 0 Å². The monoisotopic (exact) mass is 540 g/mol. The molecule has 4 aromatic carbocycles. The van der Waals surface area contributed by atoms with Crippen LogP contribution < -0.4 is 0 Å². The molecule has 0 N–H and O–H groups in total. The second-order valence-electron chi connectivity index (χ2n) is 8.95. The number of aryl methyl sites for hydroxylation is 4. The molecule has 0 aliphatic carbocycles. The van der Waals surface area contributed by atoms with E-state index in [-0.39, 0.29) is 0 Å². The van der Waals surface area contributed by atoms with Crippen molar-refractivity contribution in [1.82, 2.24) is 0 Å². The van der Waals surface area contributed by atoms with E-state index in [2.05, 4.69) is 19.6 Å². The molecule has 4 aromatic rings. The van der Waals surface area contributed by atoms with Crippen LogP contribution in [0.2, 0.25) is 0 Å². The third kappa shape index (κ3) is 8.95. The Morgan fingerprint density at radius 3 is 0.975 bits per heavy atom. The van der Waals surface area contributed by atoms with Crippen LogP contribution >= 0.6 is 0 Å². The van der Waals surface area contributed by atoms with Gasteiger partial charge in [0.2, 0.25) is 0 Å². The van der Waals surface area contributed by atoms with Crippen molar-refractivity contribution < 1.29 is 38.7 Å². The van der Waals surface area contributed by atoms with E-state index in [1.807, 2.05) is 39.8 Å². The van der Waals surface area contributed by atoms with Gasteiger partial charge in [-0.3, -0.25) is 0 Å². The van der Waals surface area contributed by atoms with Crippen LogP contribution in [-0.2, 0) is 19.6 Å². The number of carbonyl (C=O) groups excluding carboxylic acids is 4. The largest absolute Gasteiger partial charge is 0.386 e. The second-order valence-corrected chi connectivity index (χ2v) is 8.95. The van der Waals surface area contributed by atoms with Gasteiger partial charge in [-0.1, -0.05) is 70.8 Å². The summed E-state index contributed by atoms with van der Waals surface area (Å²) in [4.78, 5) is 64.8. The Kier molecular flexibility index (Phi) is 10.3. The minimum absolute atomic E-state index is 0.326. The van der Waals surface area contributed by atoms with E-state index >= 15 is 0 Å². The predicted molar refractivity (Wildman–Crippen MR) is 146 cm³/mol. The summed E-state index contributed by atoms with van der Waals surface area (Å²) in [5, 5.41) is 0. The van der Waals surface area contributed by atoms with Gasteiger partial charge in [-0.15, -0.1) is 0 Å². The van der Waals surface area contributed by atoms with Gasteiger partial charge in [-0.05, 0) is 76.2 Å². The molecule has 0 saturated carbocycles. The Labute approximate surface area is 231 Å². The van der Waals surface area contributed by atoms with Gasteiger partial charge in [-0.2, -0.15) is 0 Å². The SMILES string of the molecule is Cc1ccc(C(=O)OOC(=O)c2ccc(C)cc2)cc1.Cc1cccc(C(=O)OOC(=O)c2cccc(C)c2)c1. The molecule has 4 rings (SSSR count). The van der Waals surface area contributed by atoms with E-state index in [9.17, 15) is 19.2 Å². The Morgan fingerprint density at radius 2 is 0.675 bits per heavy atom. The minimum Gasteiger partial charge on any atom is -0.242 e. The summed E-state index contributed by atoms with van der Waals surface area (Å²) in [5.74, 6) is -2.81. The maximum absolute atomic E-state index is 11.7. The zero-order chi connectivity index (χ0) is 29.1. The summed E-state index contributed by atoms with van der Waals surface area (Å²) in [7, 11) is 0. The van der Waals surface area contributed by atoms with Crippen molar-refractivity contribution in [2.45, 2.75) is 27.7 Å². The molecule has 0 saturated heterocycles. The van der Waals surface area contributed by atoms with Crippen molar-refractivity contribution in [3.05, 3.63) is 142 Å². The van der Waals surface area contributed by atoms with Crippen LogP contribution in [0, 0.1) is 27.7 Å². The van der Waals surface area contributed by atoms with E-state index in [0.717, 1.165) is 22.3 Å². The maximum atomic E-state index is 11.7. The summed E-state index contributed by atoms with van der Waals surface area (Å²) in [5.41, 5.74) is 5.22. The zero-order valence-corrected chi connectivity index (χ0v) is 22.5. The van der Waals surface area contributed by atoms with Crippen molar-refractivity contribution >= 4 is 23.9 Å². The molecule has 0 aliphatic heterocycles. The van der Waals surface area contributed by atoms with E-state index in [0.29, 0.717) is 22.3 Å². The lowest BCUT2D eigenvalue weighted by Gasteiger charge is -2.04. The van der Waals surface area contributed by atoms with Crippen LogP contribution in [0.3, 0.4) is 0 Å². The standard InChI is InChI=1S/2C16H14O4/c1-11-3-7-13(8-4-11)15(17)19-20-16(18)14-9-5-12(2)6-10-14;1-11-5-3-7-13(9-11)15(17)19-20-16(18)14-8-4-6-12(2)10-14/h2*3-10H,1-2H3. The number of hydrogen-bond acceptors (Lipinski definition) is 8. The fourth-order valence-electron chi connectivity index (χ4n) is 3.27. The highest BCUT2D eigenvalue weighted by molar-refractivity contribution is 5.93. The van der Waals surface area contributed by atoms with Crippen LogP contribution in [0.5, 0.6) is 0 Å². The minimum atomic E-state index is -0.703. The molecule has 0 aliphatic rings. The molecule has 0 fully saturated rings. The molecular weight excluding hydrogens is 512 g/mol. The first-order valence-electron chi connectivity index (χ1n) is 12.3. The average molecular weight is 541 g/mol. The van der Waals surface area contributed by atoms with Crippen LogP contribution in [0.25, 0.3) is 0 Å². The molecule has 0 amide bonds. The summed E-state index contributed by atoms with van der Waals surface area (Å²) >= 11 is 0. The summed E-state index contributed by atoms with van der Waals surface area (Å²) in [6.45, 7) is 7.53. The lowest BCUT2D eigenvalue weighted by atomic mass is 10.1. The van der Waals surface area contributed by atoms with Gasteiger partial charge in [0.15, 0.2) is 0 Å². The fourth-order valence-corrected chi connectivity index (χ4v) is 3.27. The van der Waals surface area contributed by atoms with Crippen molar-refractivity contribution in [1.29, 1.82) is 0 Å². The predicted octanol–water partition coefficient (Wildman–Crippen LogP) is 6.46. The van der Waals surface area contributed by atoms with Gasteiger partial charge in [0, 0.05) is 0 Å². The summed E-state index contributed by atoms with van der Waals surface area (Å²) < 4.78 is 0. The normalized spacial score (nSPS) is 9.90. The molecule has 0 aromatic heterocycles. The van der Waals surface area contributed by atoms with E-state index < -0.39 is 23.9 Å². The van der Waals surface area contributed by atoms with E-state index in [1.54, 1.807) is 84.9 Å². The van der Waals surface area contributed by atoms with Crippen molar-refractivity contribution in [2.24, 2.45) is 0 Å². The average Bonchev–Trinajstić information content (AvgIpc) is 2.95. The third-order valence-corrected chi connectivity index (χ3v) is 5.47. The topological polar surface area (TPSA) is 105 Å². The molecule has 0 atom stereocenters. The molecule has 204 valence electrons. The molecule has 0 bridgehead atoms. The Hall–Kier alpha value is -5.24. The molecule has 40 heavy (non-hydrogen) atoms. The van der Waals surface area contributed by atoms with Gasteiger partial charge in [-0.25, -0.2) is 38.7 Å². The Balaban J connectivity index is 0.000000220. The van der Waals surface area contributed by atoms with E-state index in [4.69, 9.17) is 0 Å². The highest BCUT2D eigenvalue weighted by Crippen LogP contribution is 2.10. The summed E-state index contributed by atoms with van der Waals surface area (Å²) in [6.07, 6.45) is 0. The molecule has 0 heterocycles. The van der Waals surface area contributed by atoms with Gasteiger partial charge in [0.25, 0.3) is 0 Å². The molecule has 8 heteroatoms. The second kappa shape index (κ2) is 14.1. The molecule has 8 nitrogen and oxygen atoms in total. The van der Waals surface area contributed by atoms with Crippen molar-refractivity contribution in [3.8, 4) is 0 Å². The number of hydrogen-bond donors (Lipinski definition) is 0. The first kappa shape index (κ1) is 29.3. The molecule has 0 spiro atoms. The van der Waals surface area contributed by atoms with Crippen LogP contribution in [0.15, 0.2) is 97.1 Å². The van der Waals surface area contributed by atoms with Crippen LogP contribution in [-0.4, -0.2) is 23.9 Å².